The van der Waals surface area contributed by atoms with Crippen LogP contribution in [0, 0.1) is 12.8 Å². The number of rotatable bonds is 5. The summed E-state index contributed by atoms with van der Waals surface area (Å²) >= 11 is 0. The van der Waals surface area contributed by atoms with Gasteiger partial charge < -0.3 is 10.6 Å². The van der Waals surface area contributed by atoms with Crippen molar-refractivity contribution in [3.05, 3.63) is 30.1 Å². The molecule has 0 amide bonds. The highest BCUT2D eigenvalue weighted by Gasteiger charge is 2.30. The molecular weight excluding hydrogens is 258 g/mol. The van der Waals surface area contributed by atoms with Crippen LogP contribution >= 0.6 is 0 Å². The van der Waals surface area contributed by atoms with Gasteiger partial charge in [-0.15, -0.1) is 0 Å². The molecule has 1 fully saturated rings. The molecule has 0 unspecified atom stereocenters. The van der Waals surface area contributed by atoms with E-state index in [0.29, 0.717) is 6.04 Å². The van der Waals surface area contributed by atoms with Crippen molar-refractivity contribution in [3.8, 4) is 0 Å². The van der Waals surface area contributed by atoms with E-state index in [1.165, 1.54) is 30.3 Å². The molecule has 0 aliphatic heterocycles. The lowest BCUT2D eigenvalue weighted by Gasteiger charge is -2.27. The van der Waals surface area contributed by atoms with Crippen LogP contribution < -0.4 is 10.6 Å². The molecule has 0 radical (unpaired) electrons. The molecule has 3 rings (SSSR count). The minimum atomic E-state index is 0.712. The van der Waals surface area contributed by atoms with Gasteiger partial charge in [-0.25, -0.2) is 0 Å². The summed E-state index contributed by atoms with van der Waals surface area (Å²) in [6.07, 6.45) is 5.77. The van der Waals surface area contributed by atoms with Crippen LogP contribution in [0.5, 0.6) is 0 Å². The minimum absolute atomic E-state index is 0.712. The highest BCUT2D eigenvalue weighted by Crippen LogP contribution is 2.37. The molecule has 2 aromatic rings. The fourth-order valence-corrected chi connectivity index (χ4v) is 2.88. The monoisotopic (exact) mass is 283 g/mol. The Morgan fingerprint density at radius 3 is 2.71 bits per heavy atom. The maximum atomic E-state index is 6.13. The molecule has 2 N–H and O–H groups in total. The third-order valence-corrected chi connectivity index (χ3v) is 4.29. The summed E-state index contributed by atoms with van der Waals surface area (Å²) in [7, 11) is 0. The number of nitrogens with two attached hydrogens (primary N) is 1. The molecule has 0 bridgehead atoms. The van der Waals surface area contributed by atoms with Crippen LogP contribution in [0.3, 0.4) is 0 Å². The molecule has 0 saturated heterocycles. The van der Waals surface area contributed by atoms with Gasteiger partial charge >= 0.3 is 0 Å². The van der Waals surface area contributed by atoms with Gasteiger partial charge in [-0.1, -0.05) is 13.8 Å². The predicted octanol–water partition coefficient (Wildman–Crippen LogP) is 4.14. The Bertz CT molecular complexity index is 644. The molecule has 112 valence electrons. The maximum Gasteiger partial charge on any atom is 0.0451 e. The van der Waals surface area contributed by atoms with E-state index in [1.807, 2.05) is 19.2 Å². The van der Waals surface area contributed by atoms with Gasteiger partial charge in [-0.2, -0.15) is 0 Å². The van der Waals surface area contributed by atoms with Crippen LogP contribution in [0.25, 0.3) is 10.8 Å². The van der Waals surface area contributed by atoms with Crippen molar-refractivity contribution < 1.29 is 0 Å². The summed E-state index contributed by atoms with van der Waals surface area (Å²) in [5.41, 5.74) is 9.33. The molecule has 1 aliphatic carbocycles. The average molecular weight is 283 g/mol. The second-order valence-electron chi connectivity index (χ2n) is 6.65. The number of nitrogens with zero attached hydrogens (tertiary/aromatic N) is 2. The predicted molar refractivity (Wildman–Crippen MR) is 90.7 cm³/mol. The van der Waals surface area contributed by atoms with Crippen LogP contribution in [-0.2, 0) is 0 Å². The molecule has 3 heteroatoms. The molecule has 1 aromatic heterocycles. The molecule has 21 heavy (non-hydrogen) atoms. The van der Waals surface area contributed by atoms with E-state index in [1.54, 1.807) is 0 Å². The zero-order valence-electron chi connectivity index (χ0n) is 13.3. The van der Waals surface area contributed by atoms with Crippen LogP contribution in [0.4, 0.5) is 11.4 Å². The number of fused-ring (bicyclic) bond motifs is 1. The summed E-state index contributed by atoms with van der Waals surface area (Å²) in [5.74, 6) is 0.731. The van der Waals surface area contributed by atoms with Crippen molar-refractivity contribution in [2.75, 3.05) is 17.2 Å². The van der Waals surface area contributed by atoms with Crippen LogP contribution in [0.15, 0.2) is 24.4 Å². The lowest BCUT2D eigenvalue weighted by molar-refractivity contribution is 0.571. The van der Waals surface area contributed by atoms with Gasteiger partial charge in [0.1, 0.15) is 0 Å². The lowest BCUT2D eigenvalue weighted by atomic mass is 10.1. The molecule has 1 aliphatic rings. The summed E-state index contributed by atoms with van der Waals surface area (Å²) in [5, 5.41) is 2.33. The van der Waals surface area contributed by atoms with Gasteiger partial charge in [0.25, 0.3) is 0 Å². The normalized spacial score (nSPS) is 14.9. The SMILES string of the molecule is Cc1cc2c(N(CCC(C)C)C3CC3)ccc(N)c2cn1. The van der Waals surface area contributed by atoms with E-state index in [2.05, 4.69) is 35.9 Å². The van der Waals surface area contributed by atoms with Gasteiger partial charge in [0, 0.05) is 46.6 Å². The number of anilines is 2. The van der Waals surface area contributed by atoms with Gasteiger partial charge in [0.2, 0.25) is 0 Å². The quantitative estimate of drug-likeness (QED) is 0.839. The van der Waals surface area contributed by atoms with Crippen molar-refractivity contribution in [2.24, 2.45) is 5.92 Å². The second kappa shape index (κ2) is 5.55. The number of hydrogen-bond donors (Lipinski definition) is 1. The molecule has 0 atom stereocenters. The van der Waals surface area contributed by atoms with E-state index in [9.17, 15) is 0 Å². The topological polar surface area (TPSA) is 42.1 Å². The first-order chi connectivity index (χ1) is 10.1. The van der Waals surface area contributed by atoms with Gasteiger partial charge in [-0.3, -0.25) is 4.98 Å². The van der Waals surface area contributed by atoms with Crippen LogP contribution in [0.1, 0.15) is 38.8 Å². The first-order valence-electron chi connectivity index (χ1n) is 7.97. The van der Waals surface area contributed by atoms with Gasteiger partial charge in [0.15, 0.2) is 0 Å². The molecule has 1 saturated carbocycles. The largest absolute Gasteiger partial charge is 0.398 e. The highest BCUT2D eigenvalue weighted by atomic mass is 15.2. The first kappa shape index (κ1) is 14.2. The Morgan fingerprint density at radius 2 is 2.05 bits per heavy atom. The van der Waals surface area contributed by atoms with Crippen molar-refractivity contribution in [1.29, 1.82) is 0 Å². The standard InChI is InChI=1S/C18H25N3/c1-12(2)8-9-21(14-4-5-14)18-7-6-17(19)16-11-20-13(3)10-15(16)18/h6-7,10-12,14H,4-5,8-9,19H2,1-3H3. The minimum Gasteiger partial charge on any atom is -0.398 e. The lowest BCUT2D eigenvalue weighted by Crippen LogP contribution is -2.28. The fraction of sp³-hybridized carbons (Fsp3) is 0.500. The third kappa shape index (κ3) is 2.97. The number of aryl methyl sites for hydroxylation is 1. The van der Waals surface area contributed by atoms with Crippen molar-refractivity contribution in [3.63, 3.8) is 0 Å². The van der Waals surface area contributed by atoms with Crippen molar-refractivity contribution in [1.82, 2.24) is 4.98 Å². The second-order valence-corrected chi connectivity index (χ2v) is 6.65. The number of pyridine rings is 1. The molecule has 1 aromatic carbocycles. The van der Waals surface area contributed by atoms with Gasteiger partial charge in [0.05, 0.1) is 0 Å². The number of nitrogen functional groups attached to an aromatic ring is 1. The Balaban J connectivity index is 2.04. The van der Waals surface area contributed by atoms with Crippen molar-refractivity contribution in [2.45, 2.75) is 46.1 Å². The van der Waals surface area contributed by atoms with Gasteiger partial charge in [-0.05, 0) is 50.3 Å². The Kier molecular flexibility index (Phi) is 3.75. The van der Waals surface area contributed by atoms with Crippen LogP contribution in [-0.4, -0.2) is 17.6 Å². The molecular formula is C18H25N3. The summed E-state index contributed by atoms with van der Waals surface area (Å²) < 4.78 is 0. The zero-order chi connectivity index (χ0) is 15.0. The van der Waals surface area contributed by atoms with E-state index < -0.39 is 0 Å². The van der Waals surface area contributed by atoms with Crippen molar-refractivity contribution >= 4 is 22.1 Å². The third-order valence-electron chi connectivity index (χ3n) is 4.29. The molecule has 1 heterocycles. The Hall–Kier alpha value is -1.77. The smallest absolute Gasteiger partial charge is 0.0451 e. The van der Waals surface area contributed by atoms with E-state index >= 15 is 0 Å². The summed E-state index contributed by atoms with van der Waals surface area (Å²) in [6.45, 7) is 7.76. The van der Waals surface area contributed by atoms with Crippen LogP contribution in [0.2, 0.25) is 0 Å². The van der Waals surface area contributed by atoms with E-state index in [4.69, 9.17) is 5.73 Å². The molecule has 0 spiro atoms. The Labute approximate surface area is 127 Å². The summed E-state index contributed by atoms with van der Waals surface area (Å²) in [4.78, 5) is 6.99. The fourth-order valence-electron chi connectivity index (χ4n) is 2.88. The van der Waals surface area contributed by atoms with E-state index in [0.717, 1.165) is 29.2 Å². The average Bonchev–Trinajstić information content (AvgIpc) is 3.25. The number of hydrogen-bond acceptors (Lipinski definition) is 3. The summed E-state index contributed by atoms with van der Waals surface area (Å²) in [6, 6.07) is 7.10. The first-order valence-corrected chi connectivity index (χ1v) is 7.97. The Morgan fingerprint density at radius 1 is 1.29 bits per heavy atom. The maximum absolute atomic E-state index is 6.13. The number of benzene rings is 1. The highest BCUT2D eigenvalue weighted by molar-refractivity contribution is 6.01. The number of aromatic nitrogens is 1. The molecule has 3 nitrogen and oxygen atoms in total. The van der Waals surface area contributed by atoms with E-state index in [-0.39, 0.29) is 0 Å². The zero-order valence-corrected chi connectivity index (χ0v) is 13.3.